The van der Waals surface area contributed by atoms with Crippen molar-refractivity contribution in [3.05, 3.63) is 12.4 Å². The van der Waals surface area contributed by atoms with E-state index in [1.165, 1.54) is 0 Å². The van der Waals surface area contributed by atoms with Crippen LogP contribution < -0.4 is 0 Å². The van der Waals surface area contributed by atoms with Crippen molar-refractivity contribution in [3.8, 4) is 0 Å². The summed E-state index contributed by atoms with van der Waals surface area (Å²) in [5.74, 6) is -0.282. The van der Waals surface area contributed by atoms with Crippen LogP contribution in [0.5, 0.6) is 0 Å². The van der Waals surface area contributed by atoms with Crippen LogP contribution in [-0.2, 0) is 9.53 Å². The summed E-state index contributed by atoms with van der Waals surface area (Å²) in [7, 11) is 0. The number of rotatable bonds is 1. The van der Waals surface area contributed by atoms with Crippen LogP contribution in [0.2, 0.25) is 0 Å². The smallest absolute Gasteiger partial charge is 0.249 e. The molecule has 3 nitrogen and oxygen atoms in total. The molecule has 0 aromatic heterocycles. The first kappa shape index (κ1) is 8.20. The van der Waals surface area contributed by atoms with Crippen molar-refractivity contribution in [1.82, 2.24) is 4.90 Å². The highest BCUT2D eigenvalue weighted by atomic mass is 19.1. The SMILES string of the molecule is O=C(/C=C/F)N1CCOCC1. The van der Waals surface area contributed by atoms with Gasteiger partial charge in [0.05, 0.1) is 19.5 Å². The van der Waals surface area contributed by atoms with Gasteiger partial charge in [-0.1, -0.05) is 0 Å². The van der Waals surface area contributed by atoms with Gasteiger partial charge in [0.2, 0.25) is 5.91 Å². The molecule has 1 saturated heterocycles. The highest BCUT2D eigenvalue weighted by Gasteiger charge is 2.13. The molecule has 0 aliphatic carbocycles. The number of carbonyl (C=O) groups is 1. The summed E-state index contributed by atoms with van der Waals surface area (Å²) < 4.78 is 16.6. The zero-order chi connectivity index (χ0) is 8.10. The van der Waals surface area contributed by atoms with E-state index in [9.17, 15) is 9.18 Å². The van der Waals surface area contributed by atoms with Crippen molar-refractivity contribution in [2.45, 2.75) is 0 Å². The van der Waals surface area contributed by atoms with Gasteiger partial charge >= 0.3 is 0 Å². The summed E-state index contributed by atoms with van der Waals surface area (Å²) in [6.07, 6.45) is 1.18. The molecule has 0 saturated carbocycles. The van der Waals surface area contributed by atoms with Gasteiger partial charge in [-0.05, 0) is 0 Å². The first-order chi connectivity index (χ1) is 5.34. The minimum absolute atomic E-state index is 0.262. The molecule has 0 atom stereocenters. The van der Waals surface area contributed by atoms with Crippen molar-refractivity contribution in [2.75, 3.05) is 26.3 Å². The van der Waals surface area contributed by atoms with E-state index in [0.29, 0.717) is 26.3 Å². The number of hydrogen-bond acceptors (Lipinski definition) is 2. The van der Waals surface area contributed by atoms with E-state index in [4.69, 9.17) is 4.74 Å². The van der Waals surface area contributed by atoms with Crippen molar-refractivity contribution >= 4 is 5.91 Å². The Kier molecular flexibility index (Phi) is 3.04. The van der Waals surface area contributed by atoms with Crippen molar-refractivity contribution in [1.29, 1.82) is 0 Å². The first-order valence-corrected chi connectivity index (χ1v) is 3.48. The highest BCUT2D eigenvalue weighted by Crippen LogP contribution is 1.97. The van der Waals surface area contributed by atoms with E-state index >= 15 is 0 Å². The molecule has 1 aliphatic heterocycles. The summed E-state index contributed by atoms with van der Waals surface area (Å²) >= 11 is 0. The Balaban J connectivity index is 2.38. The fraction of sp³-hybridized carbons (Fsp3) is 0.571. The number of morpholine rings is 1. The Labute approximate surface area is 64.4 Å². The maximum absolute atomic E-state index is 11.5. The summed E-state index contributed by atoms with van der Waals surface area (Å²) in [4.78, 5) is 12.5. The van der Waals surface area contributed by atoms with Gasteiger partial charge in [-0.15, -0.1) is 0 Å². The fourth-order valence-corrected chi connectivity index (χ4v) is 0.943. The van der Waals surface area contributed by atoms with E-state index in [1.807, 2.05) is 0 Å². The molecule has 1 amide bonds. The Bertz CT molecular complexity index is 164. The predicted octanol–water partition coefficient (Wildman–Crippen LogP) is 0.328. The lowest BCUT2D eigenvalue weighted by molar-refractivity contribution is -0.130. The third kappa shape index (κ3) is 2.31. The fourth-order valence-electron chi connectivity index (χ4n) is 0.943. The normalized spacial score (nSPS) is 19.2. The van der Waals surface area contributed by atoms with Crippen molar-refractivity contribution in [2.24, 2.45) is 0 Å². The predicted molar refractivity (Wildman–Crippen MR) is 37.6 cm³/mol. The molecular weight excluding hydrogens is 149 g/mol. The molecule has 0 radical (unpaired) electrons. The summed E-state index contributed by atoms with van der Waals surface area (Å²) in [6.45, 7) is 2.21. The molecule has 1 fully saturated rings. The highest BCUT2D eigenvalue weighted by molar-refractivity contribution is 5.87. The Morgan fingerprint density at radius 1 is 1.45 bits per heavy atom. The molecule has 0 aromatic carbocycles. The second kappa shape index (κ2) is 4.08. The molecule has 1 heterocycles. The summed E-state index contributed by atoms with van der Waals surface area (Å²) in [6, 6.07) is 0. The van der Waals surface area contributed by atoms with E-state index in [1.54, 1.807) is 4.90 Å². The zero-order valence-electron chi connectivity index (χ0n) is 6.12. The minimum atomic E-state index is -0.282. The quantitative estimate of drug-likeness (QED) is 0.516. The van der Waals surface area contributed by atoms with Crippen LogP contribution in [0, 0.1) is 0 Å². The average Bonchev–Trinajstić information content (AvgIpc) is 2.07. The van der Waals surface area contributed by atoms with Gasteiger partial charge in [-0.25, -0.2) is 4.39 Å². The molecular formula is C7H10FNO2. The van der Waals surface area contributed by atoms with E-state index in [2.05, 4.69) is 0 Å². The van der Waals surface area contributed by atoms with Crippen LogP contribution >= 0.6 is 0 Å². The number of nitrogens with zero attached hydrogens (tertiary/aromatic N) is 1. The second-order valence-electron chi connectivity index (χ2n) is 2.23. The van der Waals surface area contributed by atoms with Crippen LogP contribution in [0.3, 0.4) is 0 Å². The molecule has 11 heavy (non-hydrogen) atoms. The van der Waals surface area contributed by atoms with Gasteiger partial charge in [0.15, 0.2) is 0 Å². The first-order valence-electron chi connectivity index (χ1n) is 3.48. The molecule has 0 N–H and O–H groups in total. The van der Waals surface area contributed by atoms with Crippen molar-refractivity contribution in [3.63, 3.8) is 0 Å². The Hall–Kier alpha value is -0.900. The number of amides is 1. The van der Waals surface area contributed by atoms with Gasteiger partial charge in [0.1, 0.15) is 0 Å². The second-order valence-corrected chi connectivity index (χ2v) is 2.23. The zero-order valence-corrected chi connectivity index (χ0v) is 6.12. The molecule has 4 heteroatoms. The van der Waals surface area contributed by atoms with Crippen molar-refractivity contribution < 1.29 is 13.9 Å². The van der Waals surface area contributed by atoms with Crippen LogP contribution in [-0.4, -0.2) is 37.1 Å². The summed E-state index contributed by atoms with van der Waals surface area (Å²) in [5, 5.41) is 0. The Morgan fingerprint density at radius 3 is 2.64 bits per heavy atom. The van der Waals surface area contributed by atoms with Gasteiger partial charge in [-0.3, -0.25) is 4.79 Å². The molecule has 1 aliphatic rings. The topological polar surface area (TPSA) is 29.5 Å². The van der Waals surface area contributed by atoms with Crippen LogP contribution in [0.15, 0.2) is 12.4 Å². The van der Waals surface area contributed by atoms with Crippen LogP contribution in [0.4, 0.5) is 4.39 Å². The largest absolute Gasteiger partial charge is 0.378 e. The van der Waals surface area contributed by atoms with E-state index < -0.39 is 0 Å². The third-order valence-electron chi connectivity index (χ3n) is 1.53. The molecule has 62 valence electrons. The molecule has 0 spiro atoms. The lowest BCUT2D eigenvalue weighted by Gasteiger charge is -2.25. The molecule has 0 aromatic rings. The monoisotopic (exact) mass is 159 g/mol. The number of carbonyl (C=O) groups excluding carboxylic acids is 1. The molecule has 1 rings (SSSR count). The minimum Gasteiger partial charge on any atom is -0.378 e. The number of ether oxygens (including phenoxy) is 1. The number of halogens is 1. The standard InChI is InChI=1S/C7H10FNO2/c8-2-1-7(10)9-3-5-11-6-4-9/h1-2H,3-6H2/b2-1+. The summed E-state index contributed by atoms with van der Waals surface area (Å²) in [5.41, 5.74) is 0. The molecule has 0 unspecified atom stereocenters. The third-order valence-corrected chi connectivity index (χ3v) is 1.53. The molecule has 0 bridgehead atoms. The van der Waals surface area contributed by atoms with Gasteiger partial charge < -0.3 is 9.64 Å². The van der Waals surface area contributed by atoms with Crippen LogP contribution in [0.25, 0.3) is 0 Å². The van der Waals surface area contributed by atoms with Gasteiger partial charge in [0.25, 0.3) is 0 Å². The lowest BCUT2D eigenvalue weighted by atomic mass is 10.4. The van der Waals surface area contributed by atoms with E-state index in [0.717, 1.165) is 6.08 Å². The lowest BCUT2D eigenvalue weighted by Crippen LogP contribution is -2.39. The van der Waals surface area contributed by atoms with Gasteiger partial charge in [-0.2, -0.15) is 0 Å². The van der Waals surface area contributed by atoms with Gasteiger partial charge in [0, 0.05) is 19.2 Å². The van der Waals surface area contributed by atoms with Crippen LogP contribution in [0.1, 0.15) is 0 Å². The number of hydrogen-bond donors (Lipinski definition) is 0. The van der Waals surface area contributed by atoms with E-state index in [-0.39, 0.29) is 12.2 Å². The average molecular weight is 159 g/mol. The maximum atomic E-state index is 11.5. The maximum Gasteiger partial charge on any atom is 0.249 e. The Morgan fingerprint density at radius 2 is 2.09 bits per heavy atom.